The van der Waals surface area contributed by atoms with Crippen molar-refractivity contribution >= 4 is 21.9 Å². The van der Waals surface area contributed by atoms with Gasteiger partial charge in [-0.15, -0.1) is 0 Å². The van der Waals surface area contributed by atoms with E-state index in [9.17, 15) is 20.4 Å². The van der Waals surface area contributed by atoms with E-state index in [4.69, 9.17) is 24.1 Å². The van der Waals surface area contributed by atoms with Crippen LogP contribution in [0.15, 0.2) is 77.3 Å². The van der Waals surface area contributed by atoms with Crippen molar-refractivity contribution in [1.29, 1.82) is 10.5 Å². The van der Waals surface area contributed by atoms with Gasteiger partial charge in [-0.3, -0.25) is 4.79 Å². The summed E-state index contributed by atoms with van der Waals surface area (Å²) in [6.07, 6.45) is -1.42. The molecule has 4 aromatic carbocycles. The number of rotatable bonds is 13. The predicted octanol–water partition coefficient (Wildman–Crippen LogP) is 5.71. The zero-order valence-electron chi connectivity index (χ0n) is 24.7. The topological polar surface area (TPSA) is 154 Å². The third-order valence-electron chi connectivity index (χ3n) is 7.17. The van der Waals surface area contributed by atoms with Gasteiger partial charge in [-0.2, -0.15) is 10.5 Å². The maximum atomic E-state index is 10.9. The molecule has 0 amide bonds. The number of halogens is 1. The standard InChI is InChI=1S/C35H30BrN3O7/c36-30-12-26(18-39-19-27(40)14-35(41)42)32(45-20-23-4-1-3-22(11-23)16-37)15-33(30)46-21-25-5-2-6-28(29(25)17-38)24-7-8-31-34(13-24)44-10-9-43-31/h1-8,11-13,15,27,39-40H,9-10,14,18-21H2,(H,41,42)/t27-/m0/s1. The Bertz CT molecular complexity index is 1820. The molecule has 0 spiro atoms. The fourth-order valence-corrected chi connectivity index (χ4v) is 5.46. The van der Waals surface area contributed by atoms with E-state index in [1.165, 1.54) is 0 Å². The van der Waals surface area contributed by atoms with E-state index >= 15 is 0 Å². The summed E-state index contributed by atoms with van der Waals surface area (Å²) in [4.78, 5) is 10.9. The number of aliphatic hydroxyl groups excluding tert-OH is 1. The lowest BCUT2D eigenvalue weighted by Crippen LogP contribution is -2.28. The summed E-state index contributed by atoms with van der Waals surface area (Å²) < 4.78 is 24.4. The molecule has 1 heterocycles. The Morgan fingerprint density at radius 2 is 1.70 bits per heavy atom. The monoisotopic (exact) mass is 683 g/mol. The van der Waals surface area contributed by atoms with Crippen molar-refractivity contribution in [2.24, 2.45) is 0 Å². The smallest absolute Gasteiger partial charge is 0.306 e. The first-order valence-corrected chi connectivity index (χ1v) is 15.2. The predicted molar refractivity (Wildman–Crippen MR) is 172 cm³/mol. The van der Waals surface area contributed by atoms with E-state index in [2.05, 4.69) is 33.4 Å². The number of carboxylic acids is 1. The van der Waals surface area contributed by atoms with Gasteiger partial charge in [-0.05, 0) is 63.0 Å². The summed E-state index contributed by atoms with van der Waals surface area (Å²) in [6.45, 7) is 1.59. The van der Waals surface area contributed by atoms with Gasteiger partial charge in [0.25, 0.3) is 0 Å². The van der Waals surface area contributed by atoms with Crippen LogP contribution in [0.1, 0.15) is 34.2 Å². The fraction of sp³-hybridized carbons (Fsp3) is 0.229. The number of hydrogen-bond acceptors (Lipinski definition) is 9. The van der Waals surface area contributed by atoms with Crippen LogP contribution in [0.3, 0.4) is 0 Å². The maximum absolute atomic E-state index is 10.9. The third-order valence-corrected chi connectivity index (χ3v) is 7.79. The molecular weight excluding hydrogens is 654 g/mol. The lowest BCUT2D eigenvalue weighted by atomic mass is 9.96. The number of aliphatic carboxylic acids is 1. The average molecular weight is 685 g/mol. The number of fused-ring (bicyclic) bond motifs is 1. The summed E-state index contributed by atoms with van der Waals surface area (Å²) in [6, 6.07) is 26.3. The zero-order chi connectivity index (χ0) is 32.5. The molecule has 0 saturated carbocycles. The van der Waals surface area contributed by atoms with Crippen molar-refractivity contribution < 1.29 is 34.0 Å². The highest BCUT2D eigenvalue weighted by molar-refractivity contribution is 9.10. The molecule has 1 atom stereocenters. The molecule has 0 aliphatic carbocycles. The molecule has 1 aliphatic heterocycles. The number of nitriles is 2. The molecule has 10 nitrogen and oxygen atoms in total. The van der Waals surface area contributed by atoms with E-state index < -0.39 is 12.1 Å². The summed E-state index contributed by atoms with van der Waals surface area (Å²) in [5.41, 5.74) is 4.79. The van der Waals surface area contributed by atoms with E-state index in [1.807, 2.05) is 48.5 Å². The lowest BCUT2D eigenvalue weighted by Gasteiger charge is -2.19. The SMILES string of the molecule is N#Cc1cccc(COc2cc(OCc3cccc(-c4ccc5c(c4)OCCO5)c3C#N)c(Br)cc2CNC[C@@H](O)CC(=O)O)c1. The maximum Gasteiger partial charge on any atom is 0.306 e. The molecule has 234 valence electrons. The molecule has 0 aromatic heterocycles. The minimum atomic E-state index is -1.08. The van der Waals surface area contributed by atoms with Gasteiger partial charge in [0.15, 0.2) is 11.5 Å². The summed E-state index contributed by atoms with van der Waals surface area (Å²) in [5.74, 6) is 1.19. The van der Waals surface area contributed by atoms with Crippen molar-refractivity contribution in [3.8, 4) is 46.3 Å². The minimum absolute atomic E-state index is 0.0719. The molecule has 0 fully saturated rings. The fourth-order valence-electron chi connectivity index (χ4n) is 4.96. The first-order valence-electron chi connectivity index (χ1n) is 14.4. The number of carbonyl (C=O) groups is 1. The van der Waals surface area contributed by atoms with Gasteiger partial charge in [-0.25, -0.2) is 0 Å². The Kier molecular flexibility index (Phi) is 10.7. The van der Waals surface area contributed by atoms with Gasteiger partial charge in [0.1, 0.15) is 44.0 Å². The summed E-state index contributed by atoms with van der Waals surface area (Å²) in [7, 11) is 0. The van der Waals surface area contributed by atoms with E-state index in [0.29, 0.717) is 57.4 Å². The second kappa shape index (κ2) is 15.3. The number of ether oxygens (including phenoxy) is 4. The van der Waals surface area contributed by atoms with Crippen molar-refractivity contribution in [3.63, 3.8) is 0 Å². The van der Waals surface area contributed by atoms with Gasteiger partial charge < -0.3 is 34.5 Å². The number of aliphatic hydroxyl groups is 1. The van der Waals surface area contributed by atoms with Crippen LogP contribution in [0.4, 0.5) is 0 Å². The number of nitrogens with zero attached hydrogens (tertiary/aromatic N) is 2. The van der Waals surface area contributed by atoms with E-state index in [0.717, 1.165) is 22.3 Å². The highest BCUT2D eigenvalue weighted by Gasteiger charge is 2.18. The van der Waals surface area contributed by atoms with Crippen LogP contribution in [-0.4, -0.2) is 42.0 Å². The molecular formula is C35H30BrN3O7. The Balaban J connectivity index is 1.37. The van der Waals surface area contributed by atoms with Crippen molar-refractivity contribution in [3.05, 3.63) is 105 Å². The first kappa shape index (κ1) is 32.3. The van der Waals surface area contributed by atoms with Crippen molar-refractivity contribution in [2.75, 3.05) is 19.8 Å². The lowest BCUT2D eigenvalue weighted by molar-refractivity contribution is -0.139. The molecule has 5 rings (SSSR count). The molecule has 0 unspecified atom stereocenters. The summed E-state index contributed by atoms with van der Waals surface area (Å²) in [5, 5.41) is 41.4. The third kappa shape index (κ3) is 8.14. The van der Waals surface area contributed by atoms with Crippen LogP contribution in [0.2, 0.25) is 0 Å². The van der Waals surface area contributed by atoms with Crippen LogP contribution in [-0.2, 0) is 24.6 Å². The Hall–Kier alpha value is -5.07. The molecule has 46 heavy (non-hydrogen) atoms. The Morgan fingerprint density at radius 3 is 2.48 bits per heavy atom. The molecule has 4 aromatic rings. The average Bonchev–Trinajstić information content (AvgIpc) is 3.06. The largest absolute Gasteiger partial charge is 0.488 e. The van der Waals surface area contributed by atoms with E-state index in [-0.39, 0.29) is 32.7 Å². The van der Waals surface area contributed by atoms with E-state index in [1.54, 1.807) is 24.3 Å². The van der Waals surface area contributed by atoms with Crippen LogP contribution < -0.4 is 24.3 Å². The first-order chi connectivity index (χ1) is 22.3. The molecule has 0 saturated heterocycles. The highest BCUT2D eigenvalue weighted by atomic mass is 79.9. The highest BCUT2D eigenvalue weighted by Crippen LogP contribution is 2.37. The van der Waals surface area contributed by atoms with Crippen LogP contribution in [0, 0.1) is 22.7 Å². The zero-order valence-corrected chi connectivity index (χ0v) is 26.2. The molecule has 1 aliphatic rings. The quantitative estimate of drug-likeness (QED) is 0.160. The number of carboxylic acid groups (broad SMARTS) is 1. The second-order valence-corrected chi connectivity index (χ2v) is 11.3. The van der Waals surface area contributed by atoms with Gasteiger partial charge in [0.2, 0.25) is 0 Å². The number of hydrogen-bond donors (Lipinski definition) is 3. The molecule has 11 heteroatoms. The normalized spacial score (nSPS) is 12.4. The van der Waals surface area contributed by atoms with Crippen LogP contribution in [0.5, 0.6) is 23.0 Å². The van der Waals surface area contributed by atoms with Gasteiger partial charge >= 0.3 is 5.97 Å². The van der Waals surface area contributed by atoms with Crippen LogP contribution >= 0.6 is 15.9 Å². The molecule has 0 radical (unpaired) electrons. The van der Waals surface area contributed by atoms with Gasteiger partial charge in [-0.1, -0.05) is 36.4 Å². The van der Waals surface area contributed by atoms with Gasteiger partial charge in [0, 0.05) is 30.3 Å². The number of nitrogens with one attached hydrogen (secondary N) is 1. The van der Waals surface area contributed by atoms with Crippen molar-refractivity contribution in [2.45, 2.75) is 32.3 Å². The Morgan fingerprint density at radius 1 is 0.913 bits per heavy atom. The van der Waals surface area contributed by atoms with Crippen LogP contribution in [0.25, 0.3) is 11.1 Å². The number of benzene rings is 4. The summed E-state index contributed by atoms with van der Waals surface area (Å²) >= 11 is 3.58. The molecule has 0 bridgehead atoms. The Labute approximate surface area is 274 Å². The molecule has 3 N–H and O–H groups in total. The minimum Gasteiger partial charge on any atom is -0.488 e. The van der Waals surface area contributed by atoms with Crippen molar-refractivity contribution in [1.82, 2.24) is 5.32 Å². The van der Waals surface area contributed by atoms with Gasteiger partial charge in [0.05, 0.1) is 34.2 Å². The second-order valence-electron chi connectivity index (χ2n) is 10.5.